The van der Waals surface area contributed by atoms with Crippen LogP contribution in [-0.2, 0) is 0 Å². The molecular weight excluding hydrogens is 234 g/mol. The largest absolute Gasteiger partial charge is 0.394 e. The highest BCUT2D eigenvalue weighted by Crippen LogP contribution is 2.25. The molecule has 0 spiro atoms. The van der Waals surface area contributed by atoms with Crippen LogP contribution in [0.2, 0.25) is 5.02 Å². The lowest BCUT2D eigenvalue weighted by atomic mass is 10.1. The highest BCUT2D eigenvalue weighted by atomic mass is 35.5. The second-order valence-corrected chi connectivity index (χ2v) is 4.18. The number of rotatable bonds is 4. The van der Waals surface area contributed by atoms with E-state index >= 15 is 0 Å². The van der Waals surface area contributed by atoms with E-state index in [4.69, 9.17) is 11.6 Å². The van der Waals surface area contributed by atoms with E-state index in [1.165, 1.54) is 0 Å². The van der Waals surface area contributed by atoms with Crippen LogP contribution in [0.3, 0.4) is 0 Å². The minimum absolute atomic E-state index is 0.0231. The first-order valence-corrected chi connectivity index (χ1v) is 5.86. The number of aliphatic hydroxyl groups is 1. The highest BCUT2D eigenvalue weighted by Gasteiger charge is 2.10. The second kappa shape index (κ2) is 5.71. The van der Waals surface area contributed by atoms with Crippen LogP contribution in [0.5, 0.6) is 0 Å². The van der Waals surface area contributed by atoms with E-state index in [2.05, 4.69) is 5.32 Å². The molecule has 0 radical (unpaired) electrons. The minimum atomic E-state index is -0.143. The predicted molar refractivity (Wildman–Crippen MR) is 71.3 cm³/mol. The number of halogens is 1. The quantitative estimate of drug-likeness (QED) is 0.867. The van der Waals surface area contributed by atoms with Gasteiger partial charge in [-0.3, -0.25) is 0 Å². The Morgan fingerprint density at radius 3 is 2.29 bits per heavy atom. The summed E-state index contributed by atoms with van der Waals surface area (Å²) in [4.78, 5) is 0. The van der Waals surface area contributed by atoms with Crippen LogP contribution < -0.4 is 5.32 Å². The molecule has 0 aromatic heterocycles. The molecule has 2 aromatic carbocycles. The van der Waals surface area contributed by atoms with Crippen molar-refractivity contribution in [2.45, 2.75) is 6.04 Å². The van der Waals surface area contributed by atoms with Crippen LogP contribution in [0.25, 0.3) is 0 Å². The van der Waals surface area contributed by atoms with Gasteiger partial charge >= 0.3 is 0 Å². The van der Waals surface area contributed by atoms with Gasteiger partial charge < -0.3 is 10.4 Å². The summed E-state index contributed by atoms with van der Waals surface area (Å²) in [5.41, 5.74) is 1.87. The predicted octanol–water partition coefficient (Wildman–Crippen LogP) is 3.49. The summed E-state index contributed by atoms with van der Waals surface area (Å²) in [5, 5.41) is 13.3. The molecule has 0 saturated carbocycles. The molecule has 1 atom stereocenters. The molecule has 2 N–H and O–H groups in total. The molecule has 0 fully saturated rings. The van der Waals surface area contributed by atoms with E-state index in [0.717, 1.165) is 11.3 Å². The van der Waals surface area contributed by atoms with Gasteiger partial charge in [-0.15, -0.1) is 0 Å². The molecule has 0 amide bonds. The number of nitrogens with one attached hydrogen (secondary N) is 1. The van der Waals surface area contributed by atoms with E-state index in [1.807, 2.05) is 54.6 Å². The zero-order valence-electron chi connectivity index (χ0n) is 9.31. The average molecular weight is 248 g/mol. The molecule has 0 aliphatic carbocycles. The summed E-state index contributed by atoms with van der Waals surface area (Å²) in [6, 6.07) is 17.2. The summed E-state index contributed by atoms with van der Waals surface area (Å²) in [6.45, 7) is 0.0231. The second-order valence-electron chi connectivity index (χ2n) is 3.77. The number of anilines is 1. The van der Waals surface area contributed by atoms with Gasteiger partial charge in [0.15, 0.2) is 0 Å². The third-order valence-corrected chi connectivity index (χ3v) is 2.92. The molecule has 1 unspecified atom stereocenters. The number of aliphatic hydroxyl groups excluding tert-OH is 1. The van der Waals surface area contributed by atoms with Gasteiger partial charge in [0.25, 0.3) is 0 Å². The van der Waals surface area contributed by atoms with E-state index in [0.29, 0.717) is 5.02 Å². The normalized spacial score (nSPS) is 12.1. The number of para-hydroxylation sites is 1. The molecule has 0 heterocycles. The van der Waals surface area contributed by atoms with Gasteiger partial charge in [0.1, 0.15) is 0 Å². The molecule has 88 valence electrons. The Kier molecular flexibility index (Phi) is 4.02. The van der Waals surface area contributed by atoms with Gasteiger partial charge in [-0.05, 0) is 17.7 Å². The number of benzene rings is 2. The first-order chi connectivity index (χ1) is 8.31. The molecule has 2 aromatic rings. The van der Waals surface area contributed by atoms with Gasteiger partial charge in [0, 0.05) is 0 Å². The molecule has 17 heavy (non-hydrogen) atoms. The zero-order chi connectivity index (χ0) is 12.1. The van der Waals surface area contributed by atoms with E-state index < -0.39 is 0 Å². The molecule has 0 aliphatic heterocycles. The molecule has 2 rings (SSSR count). The van der Waals surface area contributed by atoms with E-state index in [9.17, 15) is 5.11 Å². The van der Waals surface area contributed by atoms with Crippen molar-refractivity contribution in [2.75, 3.05) is 11.9 Å². The van der Waals surface area contributed by atoms with Gasteiger partial charge in [0.2, 0.25) is 0 Å². The Morgan fingerprint density at radius 1 is 1.00 bits per heavy atom. The average Bonchev–Trinajstić information content (AvgIpc) is 2.39. The summed E-state index contributed by atoms with van der Waals surface area (Å²) in [7, 11) is 0. The lowest BCUT2D eigenvalue weighted by Crippen LogP contribution is -2.14. The van der Waals surface area contributed by atoms with Gasteiger partial charge in [-0.1, -0.05) is 54.1 Å². The summed E-state index contributed by atoms with van der Waals surface area (Å²) in [5.74, 6) is 0. The van der Waals surface area contributed by atoms with Crippen molar-refractivity contribution in [2.24, 2.45) is 0 Å². The van der Waals surface area contributed by atoms with Crippen LogP contribution in [0.4, 0.5) is 5.69 Å². The monoisotopic (exact) mass is 247 g/mol. The molecular formula is C14H14ClNO. The van der Waals surface area contributed by atoms with Crippen molar-refractivity contribution < 1.29 is 5.11 Å². The van der Waals surface area contributed by atoms with Crippen LogP contribution >= 0.6 is 11.6 Å². The standard InChI is InChI=1S/C14H14ClNO/c15-12-8-4-5-9-13(12)16-14(10-17)11-6-2-1-3-7-11/h1-9,14,16-17H,10H2. The zero-order valence-corrected chi connectivity index (χ0v) is 10.1. The minimum Gasteiger partial charge on any atom is -0.394 e. The third-order valence-electron chi connectivity index (χ3n) is 2.59. The van der Waals surface area contributed by atoms with Crippen LogP contribution in [0.15, 0.2) is 54.6 Å². The van der Waals surface area contributed by atoms with Crippen LogP contribution in [0.1, 0.15) is 11.6 Å². The number of hydrogen-bond donors (Lipinski definition) is 2. The van der Waals surface area contributed by atoms with Gasteiger partial charge in [-0.25, -0.2) is 0 Å². The Labute approximate surface area is 106 Å². The van der Waals surface area contributed by atoms with Crippen molar-refractivity contribution in [3.63, 3.8) is 0 Å². The smallest absolute Gasteiger partial charge is 0.0745 e. The fourth-order valence-corrected chi connectivity index (χ4v) is 1.88. The Hall–Kier alpha value is -1.51. The molecule has 0 aliphatic rings. The maximum absolute atomic E-state index is 9.43. The Bertz CT molecular complexity index is 473. The van der Waals surface area contributed by atoms with E-state index in [-0.39, 0.29) is 12.6 Å². The van der Waals surface area contributed by atoms with E-state index in [1.54, 1.807) is 0 Å². The van der Waals surface area contributed by atoms with Gasteiger partial charge in [-0.2, -0.15) is 0 Å². The molecule has 3 heteroatoms. The third kappa shape index (κ3) is 2.99. The fourth-order valence-electron chi connectivity index (χ4n) is 1.69. The maximum Gasteiger partial charge on any atom is 0.0745 e. The van der Waals surface area contributed by atoms with Crippen molar-refractivity contribution >= 4 is 17.3 Å². The van der Waals surface area contributed by atoms with Gasteiger partial charge in [0.05, 0.1) is 23.4 Å². The van der Waals surface area contributed by atoms with Crippen molar-refractivity contribution in [1.29, 1.82) is 0 Å². The van der Waals surface area contributed by atoms with Crippen molar-refractivity contribution in [3.8, 4) is 0 Å². The topological polar surface area (TPSA) is 32.3 Å². The lowest BCUT2D eigenvalue weighted by Gasteiger charge is -2.18. The molecule has 0 bridgehead atoms. The molecule has 0 saturated heterocycles. The van der Waals surface area contributed by atoms with Crippen molar-refractivity contribution in [3.05, 3.63) is 65.2 Å². The SMILES string of the molecule is OCC(Nc1ccccc1Cl)c1ccccc1. The number of hydrogen-bond acceptors (Lipinski definition) is 2. The highest BCUT2D eigenvalue weighted by molar-refractivity contribution is 6.33. The van der Waals surface area contributed by atoms with Crippen LogP contribution in [0, 0.1) is 0 Å². The summed E-state index contributed by atoms with van der Waals surface area (Å²) in [6.07, 6.45) is 0. The first-order valence-electron chi connectivity index (χ1n) is 5.48. The Balaban J connectivity index is 2.19. The first kappa shape index (κ1) is 12.0. The summed E-state index contributed by atoms with van der Waals surface area (Å²) >= 11 is 6.07. The lowest BCUT2D eigenvalue weighted by molar-refractivity contribution is 0.276. The Morgan fingerprint density at radius 2 is 1.65 bits per heavy atom. The van der Waals surface area contributed by atoms with Crippen LogP contribution in [-0.4, -0.2) is 11.7 Å². The molecule has 2 nitrogen and oxygen atoms in total. The fraction of sp³-hybridized carbons (Fsp3) is 0.143. The van der Waals surface area contributed by atoms with Crippen molar-refractivity contribution in [1.82, 2.24) is 0 Å². The summed E-state index contributed by atoms with van der Waals surface area (Å²) < 4.78 is 0. The maximum atomic E-state index is 9.43.